The fraction of sp³-hybridized carbons (Fsp3) is 0.344. The van der Waals surface area contributed by atoms with Crippen molar-refractivity contribution in [2.45, 2.75) is 50.2 Å². The summed E-state index contributed by atoms with van der Waals surface area (Å²) in [5.74, 6) is 0.0923. The van der Waals surface area contributed by atoms with Crippen LogP contribution in [0.1, 0.15) is 24.5 Å². The molecule has 2 aliphatic rings. The molecule has 218 valence electrons. The minimum Gasteiger partial charge on any atom is -0.497 e. The lowest BCUT2D eigenvalue weighted by Gasteiger charge is -2.32. The number of rotatable bonds is 7. The Morgan fingerprint density at radius 1 is 1.07 bits per heavy atom. The second-order valence-corrected chi connectivity index (χ2v) is 15.7. The molecule has 42 heavy (non-hydrogen) atoms. The number of ether oxygens (including phenoxy) is 2. The zero-order chi connectivity index (χ0) is 29.8. The predicted octanol–water partition coefficient (Wildman–Crippen LogP) is 4.12. The van der Waals surface area contributed by atoms with Gasteiger partial charge in [0.05, 0.1) is 42.7 Å². The van der Waals surface area contributed by atoms with E-state index in [9.17, 15) is 19.5 Å². The smallest absolute Gasteiger partial charge is 0.279 e. The third kappa shape index (κ3) is 4.37. The van der Waals surface area contributed by atoms with Crippen molar-refractivity contribution in [1.29, 1.82) is 0 Å². The Hall–Kier alpha value is -3.83. The summed E-state index contributed by atoms with van der Waals surface area (Å²) in [6.45, 7) is 5.88. The van der Waals surface area contributed by atoms with Crippen LogP contribution in [0.25, 0.3) is 16.5 Å². The molecule has 0 bridgehead atoms. The van der Waals surface area contributed by atoms with Gasteiger partial charge in [-0.25, -0.2) is 0 Å². The van der Waals surface area contributed by atoms with Crippen LogP contribution in [0.15, 0.2) is 77.7 Å². The Balaban J connectivity index is 1.36. The van der Waals surface area contributed by atoms with Crippen LogP contribution in [0.4, 0.5) is 5.69 Å². The number of anilines is 1. The lowest BCUT2D eigenvalue weighted by Crippen LogP contribution is -2.46. The molecule has 10 heteroatoms. The van der Waals surface area contributed by atoms with E-state index in [4.69, 9.17) is 9.47 Å². The van der Waals surface area contributed by atoms with E-state index in [1.807, 2.05) is 80.7 Å². The molecule has 0 radical (unpaired) electrons. The molecule has 3 heterocycles. The van der Waals surface area contributed by atoms with E-state index < -0.39 is 20.0 Å². The monoisotopic (exact) mass is 585 g/mol. The molecule has 1 amide bonds. The maximum Gasteiger partial charge on any atom is 0.279 e. The lowest BCUT2D eigenvalue weighted by molar-refractivity contribution is -0.146. The van der Waals surface area contributed by atoms with Crippen molar-refractivity contribution in [3.63, 3.8) is 0 Å². The van der Waals surface area contributed by atoms with Crippen LogP contribution < -0.4 is 15.2 Å². The van der Waals surface area contributed by atoms with Gasteiger partial charge >= 0.3 is 0 Å². The molecule has 0 saturated carbocycles. The summed E-state index contributed by atoms with van der Waals surface area (Å²) < 4.78 is 13.6. The van der Waals surface area contributed by atoms with Crippen LogP contribution in [0.5, 0.6) is 5.75 Å². The molecule has 0 aliphatic carbocycles. The fourth-order valence-corrected chi connectivity index (χ4v) is 9.54. The Morgan fingerprint density at radius 2 is 1.81 bits per heavy atom. The minimum absolute atomic E-state index is 0.0984. The number of aliphatic hydroxyl groups excluding tert-OH is 1. The first-order valence-corrected chi connectivity index (χ1v) is 17.2. The highest BCUT2D eigenvalue weighted by molar-refractivity contribution is 6.71. The van der Waals surface area contributed by atoms with E-state index in [1.165, 1.54) is 4.68 Å². The number of methoxy groups -OCH3 is 1. The topological polar surface area (TPSA) is 114 Å². The first-order valence-electron chi connectivity index (χ1n) is 14.2. The third-order valence-electron chi connectivity index (χ3n) is 8.82. The largest absolute Gasteiger partial charge is 0.497 e. The summed E-state index contributed by atoms with van der Waals surface area (Å²) in [7, 11) is -1.20. The predicted molar refractivity (Wildman–Crippen MR) is 162 cm³/mol. The standard InChI is InChI=1S/C32H35N3O6Si/c1-20-29(42(3,4)39)28(15-16-36)41-32(20)26-17-24(40-2)13-14-27(26)34(31(32)38)19-21-9-11-23(12-10-21)35-30(37)25-8-6-5-7-22(25)18-33-35/h5-14,17-18,20,28-29,36,39H,15-16,19H2,1-4H3/t20-,28+,29-,32+/m0/s1. The molecule has 0 unspecified atom stereocenters. The summed E-state index contributed by atoms with van der Waals surface area (Å²) in [5, 5.41) is 15.5. The highest BCUT2D eigenvalue weighted by atomic mass is 28.4. The van der Waals surface area contributed by atoms with Crippen molar-refractivity contribution in [1.82, 2.24) is 9.78 Å². The van der Waals surface area contributed by atoms with E-state index in [-0.39, 0.29) is 36.1 Å². The van der Waals surface area contributed by atoms with E-state index in [0.29, 0.717) is 28.8 Å². The van der Waals surface area contributed by atoms with Gasteiger partial charge in [0.1, 0.15) is 5.75 Å². The first kappa shape index (κ1) is 28.3. The SMILES string of the molecule is COc1ccc2c(c1)[C@@]1(O[C@H](CCO)[C@@H]([Si](C)(C)O)[C@@H]1C)C(=O)N2Cc1ccc(-n2ncc3ccccc3c2=O)cc1. The number of hydrogen-bond acceptors (Lipinski definition) is 7. The van der Waals surface area contributed by atoms with Gasteiger partial charge in [0.2, 0.25) is 0 Å². The average Bonchev–Trinajstić information content (AvgIpc) is 3.40. The second kappa shape index (κ2) is 10.5. The zero-order valence-electron chi connectivity index (χ0n) is 24.2. The summed E-state index contributed by atoms with van der Waals surface area (Å²) in [5.41, 5.74) is 1.18. The number of benzene rings is 3. The number of carbonyl (C=O) groups excluding carboxylic acids is 1. The molecular weight excluding hydrogens is 550 g/mol. The van der Waals surface area contributed by atoms with Gasteiger partial charge in [-0.3, -0.25) is 9.59 Å². The van der Waals surface area contributed by atoms with Crippen LogP contribution in [-0.2, 0) is 21.7 Å². The van der Waals surface area contributed by atoms with Crippen LogP contribution in [0, 0.1) is 5.92 Å². The number of amides is 1. The van der Waals surface area contributed by atoms with Crippen molar-refractivity contribution in [3.05, 3.63) is 94.4 Å². The molecule has 2 N–H and O–H groups in total. The molecule has 2 aliphatic heterocycles. The van der Waals surface area contributed by atoms with Gasteiger partial charge in [-0.05, 0) is 61.5 Å². The first-order chi connectivity index (χ1) is 20.1. The van der Waals surface area contributed by atoms with Crippen molar-refractivity contribution < 1.29 is 24.2 Å². The quantitative estimate of drug-likeness (QED) is 0.314. The highest BCUT2D eigenvalue weighted by Crippen LogP contribution is 2.60. The maximum absolute atomic E-state index is 14.5. The van der Waals surface area contributed by atoms with Crippen LogP contribution in [0.3, 0.4) is 0 Å². The van der Waals surface area contributed by atoms with Gasteiger partial charge < -0.3 is 24.3 Å². The Labute approximate surface area is 245 Å². The minimum atomic E-state index is -2.78. The lowest BCUT2D eigenvalue weighted by atomic mass is 9.82. The summed E-state index contributed by atoms with van der Waals surface area (Å²) in [6, 6.07) is 20.3. The van der Waals surface area contributed by atoms with Gasteiger partial charge in [0.25, 0.3) is 11.5 Å². The average molecular weight is 586 g/mol. The van der Waals surface area contributed by atoms with Crippen molar-refractivity contribution in [2.75, 3.05) is 18.6 Å². The Kier molecular flexibility index (Phi) is 7.05. The number of carbonyl (C=O) groups is 1. The van der Waals surface area contributed by atoms with Crippen LogP contribution in [0.2, 0.25) is 18.6 Å². The van der Waals surface area contributed by atoms with E-state index in [2.05, 4.69) is 5.10 Å². The van der Waals surface area contributed by atoms with Gasteiger partial charge in [0.15, 0.2) is 13.9 Å². The molecule has 1 aromatic heterocycles. The van der Waals surface area contributed by atoms with E-state index in [0.717, 1.165) is 16.6 Å². The Bertz CT molecular complexity index is 1720. The molecule has 3 aromatic carbocycles. The van der Waals surface area contributed by atoms with Crippen molar-refractivity contribution in [2.24, 2.45) is 5.92 Å². The molecule has 1 fully saturated rings. The normalized spacial score (nSPS) is 23.6. The number of aliphatic hydroxyl groups is 1. The van der Waals surface area contributed by atoms with Gasteiger partial charge in [-0.1, -0.05) is 37.3 Å². The highest BCUT2D eigenvalue weighted by Gasteiger charge is 2.66. The van der Waals surface area contributed by atoms with Gasteiger partial charge in [-0.15, -0.1) is 0 Å². The fourth-order valence-electron chi connectivity index (χ4n) is 6.94. The van der Waals surface area contributed by atoms with Gasteiger partial charge in [0, 0.05) is 29.0 Å². The number of fused-ring (bicyclic) bond motifs is 3. The van der Waals surface area contributed by atoms with Crippen molar-refractivity contribution >= 4 is 30.7 Å². The van der Waals surface area contributed by atoms with Crippen molar-refractivity contribution in [3.8, 4) is 11.4 Å². The summed E-state index contributed by atoms with van der Waals surface area (Å²) in [6.07, 6.45) is 1.56. The second-order valence-electron chi connectivity index (χ2n) is 11.8. The number of nitrogens with zero attached hydrogens (tertiary/aromatic N) is 3. The third-order valence-corrected chi connectivity index (χ3v) is 11.3. The Morgan fingerprint density at radius 3 is 2.50 bits per heavy atom. The maximum atomic E-state index is 14.5. The molecule has 6 rings (SSSR count). The number of aromatic nitrogens is 2. The van der Waals surface area contributed by atoms with E-state index in [1.54, 1.807) is 24.3 Å². The molecule has 9 nitrogen and oxygen atoms in total. The van der Waals surface area contributed by atoms with E-state index >= 15 is 0 Å². The number of hydrogen-bond donors (Lipinski definition) is 2. The molecule has 1 saturated heterocycles. The summed E-state index contributed by atoms with van der Waals surface area (Å²) in [4.78, 5) is 40.5. The molecule has 4 aromatic rings. The zero-order valence-corrected chi connectivity index (χ0v) is 25.2. The molecular formula is C32H35N3O6Si. The summed E-state index contributed by atoms with van der Waals surface area (Å²) >= 11 is 0. The molecule has 4 atom stereocenters. The van der Waals surface area contributed by atoms with Crippen LogP contribution in [-0.4, -0.2) is 53.7 Å². The van der Waals surface area contributed by atoms with Gasteiger partial charge in [-0.2, -0.15) is 9.78 Å². The van der Waals surface area contributed by atoms with Crippen LogP contribution >= 0.6 is 0 Å². The molecule has 1 spiro atoms.